The summed E-state index contributed by atoms with van der Waals surface area (Å²) in [6, 6.07) is 0. The molecule has 0 aliphatic heterocycles. The molecule has 0 bridgehead atoms. The van der Waals surface area contributed by atoms with E-state index in [9.17, 15) is 4.79 Å². The Labute approximate surface area is 80.2 Å². The van der Waals surface area contributed by atoms with Crippen molar-refractivity contribution in [2.75, 3.05) is 19.8 Å². The molecule has 1 N–H and O–H groups in total. The molecule has 13 heavy (non-hydrogen) atoms. The van der Waals surface area contributed by atoms with Crippen molar-refractivity contribution in [3.63, 3.8) is 0 Å². The lowest BCUT2D eigenvalue weighted by molar-refractivity contribution is -0.122. The number of nitrogens with one attached hydrogen (secondary N) is 1. The predicted octanol–water partition coefficient (Wildman–Crippen LogP) is 1.50. The summed E-state index contributed by atoms with van der Waals surface area (Å²) in [6.45, 7) is 7.55. The van der Waals surface area contributed by atoms with Crippen LogP contribution in [0.3, 0.4) is 0 Å². The molecule has 0 rings (SSSR count). The van der Waals surface area contributed by atoms with Crippen molar-refractivity contribution in [2.45, 2.75) is 26.2 Å². The summed E-state index contributed by atoms with van der Waals surface area (Å²) in [5.41, 5.74) is 0. The molecule has 0 aromatic rings. The van der Waals surface area contributed by atoms with Crippen LogP contribution in [0.1, 0.15) is 26.2 Å². The minimum absolute atomic E-state index is 0.0537. The fourth-order valence-corrected chi connectivity index (χ4v) is 0.813. The molecular weight excluding hydrogens is 166 g/mol. The summed E-state index contributed by atoms with van der Waals surface area (Å²) in [6.07, 6.45) is 4.06. The van der Waals surface area contributed by atoms with Gasteiger partial charge < -0.3 is 10.1 Å². The van der Waals surface area contributed by atoms with Crippen LogP contribution in [-0.2, 0) is 9.53 Å². The highest BCUT2D eigenvalue weighted by Crippen LogP contribution is 1.86. The molecule has 3 heteroatoms. The molecule has 0 saturated heterocycles. The zero-order chi connectivity index (χ0) is 9.94. The van der Waals surface area contributed by atoms with Gasteiger partial charge >= 0.3 is 0 Å². The van der Waals surface area contributed by atoms with E-state index in [2.05, 4.69) is 11.9 Å². The molecule has 1 amide bonds. The van der Waals surface area contributed by atoms with E-state index < -0.39 is 0 Å². The summed E-state index contributed by atoms with van der Waals surface area (Å²) >= 11 is 0. The van der Waals surface area contributed by atoms with Gasteiger partial charge in [0.2, 0.25) is 5.91 Å². The Hall–Kier alpha value is -0.830. The number of amides is 1. The van der Waals surface area contributed by atoms with Crippen LogP contribution >= 0.6 is 0 Å². The minimum Gasteiger partial charge on any atom is -0.381 e. The van der Waals surface area contributed by atoms with Gasteiger partial charge in [-0.3, -0.25) is 4.79 Å². The molecule has 0 heterocycles. The van der Waals surface area contributed by atoms with E-state index in [4.69, 9.17) is 4.74 Å². The largest absolute Gasteiger partial charge is 0.381 e. The van der Waals surface area contributed by atoms with Gasteiger partial charge in [0.25, 0.3) is 0 Å². The molecule has 0 fully saturated rings. The van der Waals surface area contributed by atoms with Gasteiger partial charge in [-0.25, -0.2) is 0 Å². The molecule has 0 aliphatic carbocycles. The summed E-state index contributed by atoms with van der Waals surface area (Å²) in [5, 5.41) is 2.77. The third-order valence-corrected chi connectivity index (χ3v) is 1.49. The van der Waals surface area contributed by atoms with Crippen molar-refractivity contribution >= 4 is 5.91 Å². The van der Waals surface area contributed by atoms with Gasteiger partial charge in [0.15, 0.2) is 0 Å². The Bertz CT molecular complexity index is 146. The second-order valence-corrected chi connectivity index (χ2v) is 2.79. The fourth-order valence-electron chi connectivity index (χ4n) is 0.813. The van der Waals surface area contributed by atoms with Gasteiger partial charge in [-0.05, 0) is 12.8 Å². The normalized spacial score (nSPS) is 9.62. The Morgan fingerprint density at radius 2 is 2.31 bits per heavy atom. The number of hydrogen-bond acceptors (Lipinski definition) is 2. The van der Waals surface area contributed by atoms with Crippen molar-refractivity contribution in [1.29, 1.82) is 0 Å². The molecule has 76 valence electrons. The Morgan fingerprint density at radius 3 is 2.92 bits per heavy atom. The van der Waals surface area contributed by atoms with E-state index >= 15 is 0 Å². The van der Waals surface area contributed by atoms with Crippen molar-refractivity contribution in [2.24, 2.45) is 0 Å². The third-order valence-electron chi connectivity index (χ3n) is 1.49. The lowest BCUT2D eigenvalue weighted by Crippen LogP contribution is -2.25. The molecule has 0 spiro atoms. The van der Waals surface area contributed by atoms with E-state index in [1.165, 1.54) is 0 Å². The van der Waals surface area contributed by atoms with E-state index in [1.807, 2.05) is 6.92 Å². The number of ether oxygens (including phenoxy) is 1. The fraction of sp³-hybridized carbons (Fsp3) is 0.700. The molecule has 0 aliphatic rings. The monoisotopic (exact) mass is 185 g/mol. The van der Waals surface area contributed by atoms with Crippen LogP contribution < -0.4 is 5.32 Å². The van der Waals surface area contributed by atoms with Gasteiger partial charge in [-0.2, -0.15) is 0 Å². The first-order valence-electron chi connectivity index (χ1n) is 4.76. The van der Waals surface area contributed by atoms with E-state index in [1.54, 1.807) is 6.08 Å². The maximum Gasteiger partial charge on any atom is 0.222 e. The van der Waals surface area contributed by atoms with Crippen molar-refractivity contribution < 1.29 is 9.53 Å². The Balaban J connectivity index is 3.15. The van der Waals surface area contributed by atoms with Crippen LogP contribution in [0, 0.1) is 0 Å². The summed E-state index contributed by atoms with van der Waals surface area (Å²) < 4.78 is 5.18. The first-order chi connectivity index (χ1) is 6.31. The standard InChI is InChI=1S/C10H19NO2/c1-3-5-7-11-10(12)6-9-13-8-4-2/h3H,1,4-9H2,2H3,(H,11,12). The minimum atomic E-state index is 0.0537. The highest BCUT2D eigenvalue weighted by Gasteiger charge is 1.98. The van der Waals surface area contributed by atoms with Crippen LogP contribution in [0.4, 0.5) is 0 Å². The topological polar surface area (TPSA) is 38.3 Å². The average Bonchev–Trinajstić information content (AvgIpc) is 2.13. The third kappa shape index (κ3) is 9.08. The van der Waals surface area contributed by atoms with Gasteiger partial charge in [-0.1, -0.05) is 13.0 Å². The molecule has 0 saturated carbocycles. The molecule has 3 nitrogen and oxygen atoms in total. The Kier molecular flexibility index (Phi) is 8.67. The van der Waals surface area contributed by atoms with E-state index in [0.717, 1.165) is 19.4 Å². The second-order valence-electron chi connectivity index (χ2n) is 2.79. The predicted molar refractivity (Wildman–Crippen MR) is 53.6 cm³/mol. The lowest BCUT2D eigenvalue weighted by Gasteiger charge is -2.03. The zero-order valence-electron chi connectivity index (χ0n) is 8.34. The number of carbonyl (C=O) groups excluding carboxylic acids is 1. The highest BCUT2D eigenvalue weighted by atomic mass is 16.5. The van der Waals surface area contributed by atoms with Crippen LogP contribution in [0.25, 0.3) is 0 Å². The quantitative estimate of drug-likeness (QED) is 0.459. The maximum absolute atomic E-state index is 11.1. The Morgan fingerprint density at radius 1 is 1.54 bits per heavy atom. The molecule has 0 aromatic heterocycles. The van der Waals surface area contributed by atoms with Crippen molar-refractivity contribution in [3.05, 3.63) is 12.7 Å². The summed E-state index contributed by atoms with van der Waals surface area (Å²) in [4.78, 5) is 11.1. The first kappa shape index (κ1) is 12.2. The van der Waals surface area contributed by atoms with Crippen LogP contribution in [0.5, 0.6) is 0 Å². The molecule has 0 radical (unpaired) electrons. The summed E-state index contributed by atoms with van der Waals surface area (Å²) in [7, 11) is 0. The van der Waals surface area contributed by atoms with E-state index in [-0.39, 0.29) is 5.91 Å². The molecule has 0 unspecified atom stereocenters. The van der Waals surface area contributed by atoms with Gasteiger partial charge in [-0.15, -0.1) is 6.58 Å². The molecule has 0 atom stereocenters. The number of hydrogen-bond donors (Lipinski definition) is 1. The SMILES string of the molecule is C=CCCNC(=O)CCOCCC. The van der Waals surface area contributed by atoms with Gasteiger partial charge in [0.05, 0.1) is 6.61 Å². The summed E-state index contributed by atoms with van der Waals surface area (Å²) in [5.74, 6) is 0.0537. The number of carbonyl (C=O) groups is 1. The molecular formula is C10H19NO2. The van der Waals surface area contributed by atoms with Gasteiger partial charge in [0.1, 0.15) is 0 Å². The molecule has 0 aromatic carbocycles. The zero-order valence-corrected chi connectivity index (χ0v) is 8.34. The number of rotatable bonds is 8. The average molecular weight is 185 g/mol. The highest BCUT2D eigenvalue weighted by molar-refractivity contribution is 5.75. The van der Waals surface area contributed by atoms with Gasteiger partial charge in [0, 0.05) is 19.6 Å². The van der Waals surface area contributed by atoms with Crippen LogP contribution in [-0.4, -0.2) is 25.7 Å². The van der Waals surface area contributed by atoms with E-state index in [0.29, 0.717) is 19.6 Å². The first-order valence-corrected chi connectivity index (χ1v) is 4.76. The maximum atomic E-state index is 11.1. The van der Waals surface area contributed by atoms with Crippen LogP contribution in [0.15, 0.2) is 12.7 Å². The van der Waals surface area contributed by atoms with Crippen LogP contribution in [0.2, 0.25) is 0 Å². The lowest BCUT2D eigenvalue weighted by atomic mass is 10.4. The second kappa shape index (κ2) is 9.26. The smallest absolute Gasteiger partial charge is 0.222 e. The van der Waals surface area contributed by atoms with Crippen molar-refractivity contribution in [1.82, 2.24) is 5.32 Å². The van der Waals surface area contributed by atoms with Crippen molar-refractivity contribution in [3.8, 4) is 0 Å².